The van der Waals surface area contributed by atoms with E-state index in [2.05, 4.69) is 5.32 Å². The smallest absolute Gasteiger partial charge is 0.330 e. The number of thioether (sulfide) groups is 1. The highest BCUT2D eigenvalue weighted by Crippen LogP contribution is 2.31. The van der Waals surface area contributed by atoms with Crippen molar-refractivity contribution in [2.45, 2.75) is 18.4 Å². The van der Waals surface area contributed by atoms with Gasteiger partial charge in [0.15, 0.2) is 0 Å². The van der Waals surface area contributed by atoms with E-state index in [9.17, 15) is 9.90 Å². The lowest BCUT2D eigenvalue weighted by Gasteiger charge is -2.34. The Labute approximate surface area is 111 Å². The van der Waals surface area contributed by atoms with Crippen molar-refractivity contribution in [3.63, 3.8) is 0 Å². The van der Waals surface area contributed by atoms with Gasteiger partial charge in [0.2, 0.25) is 0 Å². The van der Waals surface area contributed by atoms with E-state index in [1.807, 2.05) is 24.3 Å². The van der Waals surface area contributed by atoms with Crippen molar-refractivity contribution in [2.75, 3.05) is 23.9 Å². The SMILES string of the molecule is COc1cccc(NC2(C(=O)O)CCCSC2)c1. The second-order valence-corrected chi connectivity index (χ2v) is 5.51. The van der Waals surface area contributed by atoms with Gasteiger partial charge in [-0.1, -0.05) is 6.07 Å². The minimum absolute atomic E-state index is 0.597. The van der Waals surface area contributed by atoms with Gasteiger partial charge in [-0.2, -0.15) is 11.8 Å². The van der Waals surface area contributed by atoms with Gasteiger partial charge in [-0.15, -0.1) is 0 Å². The Kier molecular flexibility index (Phi) is 4.01. The Morgan fingerprint density at radius 1 is 1.56 bits per heavy atom. The van der Waals surface area contributed by atoms with Crippen LogP contribution < -0.4 is 10.1 Å². The van der Waals surface area contributed by atoms with E-state index in [0.29, 0.717) is 12.2 Å². The van der Waals surface area contributed by atoms with Crippen LogP contribution in [0.4, 0.5) is 5.69 Å². The van der Waals surface area contributed by atoms with Gasteiger partial charge in [0.25, 0.3) is 0 Å². The number of aliphatic carboxylic acids is 1. The summed E-state index contributed by atoms with van der Waals surface area (Å²) in [6.07, 6.45) is 1.58. The summed E-state index contributed by atoms with van der Waals surface area (Å²) in [6.45, 7) is 0. The van der Waals surface area contributed by atoms with Gasteiger partial charge in [-0.3, -0.25) is 0 Å². The van der Waals surface area contributed by atoms with Gasteiger partial charge in [-0.25, -0.2) is 4.79 Å². The molecule has 18 heavy (non-hydrogen) atoms. The second-order valence-electron chi connectivity index (χ2n) is 4.40. The molecule has 5 heteroatoms. The number of carbonyl (C=O) groups is 1. The van der Waals surface area contributed by atoms with Crippen LogP contribution >= 0.6 is 11.8 Å². The third kappa shape index (κ3) is 2.72. The van der Waals surface area contributed by atoms with Crippen molar-refractivity contribution >= 4 is 23.4 Å². The van der Waals surface area contributed by atoms with E-state index in [0.717, 1.165) is 23.6 Å². The molecule has 0 amide bonds. The van der Waals surface area contributed by atoms with Crippen LogP contribution in [0, 0.1) is 0 Å². The number of hydrogen-bond donors (Lipinski definition) is 2. The van der Waals surface area contributed by atoms with Crippen molar-refractivity contribution in [3.8, 4) is 5.75 Å². The number of benzene rings is 1. The summed E-state index contributed by atoms with van der Waals surface area (Å²) in [5.41, 5.74) is -0.0609. The Morgan fingerprint density at radius 3 is 3.00 bits per heavy atom. The molecule has 0 aliphatic carbocycles. The maximum Gasteiger partial charge on any atom is 0.330 e. The molecule has 1 atom stereocenters. The summed E-state index contributed by atoms with van der Waals surface area (Å²) in [7, 11) is 1.60. The number of carboxylic acids is 1. The fraction of sp³-hybridized carbons (Fsp3) is 0.462. The van der Waals surface area contributed by atoms with E-state index < -0.39 is 11.5 Å². The van der Waals surface area contributed by atoms with Crippen LogP contribution in [-0.2, 0) is 4.79 Å². The molecule has 0 spiro atoms. The minimum atomic E-state index is -0.852. The maximum atomic E-state index is 11.5. The summed E-state index contributed by atoms with van der Waals surface area (Å²) in [5, 5.41) is 12.6. The molecule has 98 valence electrons. The van der Waals surface area contributed by atoms with Gasteiger partial charge in [0.1, 0.15) is 11.3 Å². The zero-order chi connectivity index (χ0) is 13.0. The van der Waals surface area contributed by atoms with Gasteiger partial charge in [0, 0.05) is 17.5 Å². The van der Waals surface area contributed by atoms with Crippen molar-refractivity contribution in [3.05, 3.63) is 24.3 Å². The average molecular weight is 267 g/mol. The van der Waals surface area contributed by atoms with E-state index in [-0.39, 0.29) is 0 Å². The molecule has 1 aromatic rings. The predicted molar refractivity (Wildman–Crippen MR) is 73.5 cm³/mol. The number of ether oxygens (including phenoxy) is 1. The monoisotopic (exact) mass is 267 g/mol. The van der Waals surface area contributed by atoms with Gasteiger partial charge < -0.3 is 15.2 Å². The summed E-state index contributed by atoms with van der Waals surface area (Å²) >= 11 is 1.68. The standard InChI is InChI=1S/C13H17NO3S/c1-17-11-5-2-4-10(8-11)14-13(12(15)16)6-3-7-18-9-13/h2,4-5,8,14H,3,6-7,9H2,1H3,(H,15,16). The number of nitrogens with one attached hydrogen (secondary N) is 1. The molecule has 0 saturated carbocycles. The number of hydrogen-bond acceptors (Lipinski definition) is 4. The quantitative estimate of drug-likeness (QED) is 0.877. The zero-order valence-corrected chi connectivity index (χ0v) is 11.1. The number of rotatable bonds is 4. The highest BCUT2D eigenvalue weighted by atomic mass is 32.2. The fourth-order valence-electron chi connectivity index (χ4n) is 2.09. The van der Waals surface area contributed by atoms with E-state index in [1.54, 1.807) is 18.9 Å². The van der Waals surface area contributed by atoms with Crippen LogP contribution in [0.5, 0.6) is 5.75 Å². The molecule has 1 aromatic carbocycles. The normalized spacial score (nSPS) is 23.4. The number of anilines is 1. The Hall–Kier alpha value is -1.36. The van der Waals surface area contributed by atoms with Crippen LogP contribution in [-0.4, -0.2) is 35.2 Å². The lowest BCUT2D eigenvalue weighted by molar-refractivity contribution is -0.141. The first-order valence-corrected chi connectivity index (χ1v) is 7.05. The number of methoxy groups -OCH3 is 1. The Morgan fingerprint density at radius 2 is 2.39 bits per heavy atom. The molecule has 1 aliphatic rings. The minimum Gasteiger partial charge on any atom is -0.497 e. The summed E-state index contributed by atoms with van der Waals surface area (Å²) < 4.78 is 5.14. The zero-order valence-electron chi connectivity index (χ0n) is 10.3. The molecule has 1 heterocycles. The molecular formula is C13H17NO3S. The van der Waals surface area contributed by atoms with Crippen molar-refractivity contribution in [2.24, 2.45) is 0 Å². The van der Waals surface area contributed by atoms with E-state index in [4.69, 9.17) is 4.74 Å². The van der Waals surface area contributed by atoms with Gasteiger partial charge >= 0.3 is 5.97 Å². The molecule has 0 aromatic heterocycles. The van der Waals surface area contributed by atoms with Gasteiger partial charge in [-0.05, 0) is 30.7 Å². The molecule has 1 fully saturated rings. The van der Waals surface area contributed by atoms with E-state index >= 15 is 0 Å². The largest absolute Gasteiger partial charge is 0.497 e. The third-order valence-electron chi connectivity index (χ3n) is 3.10. The van der Waals surface area contributed by atoms with Crippen molar-refractivity contribution < 1.29 is 14.6 Å². The predicted octanol–water partition coefficient (Wildman–Crippen LogP) is 2.46. The molecule has 1 aliphatic heterocycles. The van der Waals surface area contributed by atoms with Crippen molar-refractivity contribution in [1.82, 2.24) is 0 Å². The molecule has 1 unspecified atom stereocenters. The van der Waals surface area contributed by atoms with Crippen LogP contribution in [0.3, 0.4) is 0 Å². The van der Waals surface area contributed by atoms with Crippen LogP contribution in [0.1, 0.15) is 12.8 Å². The molecular weight excluding hydrogens is 250 g/mol. The average Bonchev–Trinajstić information content (AvgIpc) is 2.40. The Balaban J connectivity index is 2.20. The Bertz CT molecular complexity index is 430. The van der Waals surface area contributed by atoms with E-state index in [1.165, 1.54) is 0 Å². The number of carboxylic acid groups (broad SMARTS) is 1. The highest BCUT2D eigenvalue weighted by molar-refractivity contribution is 7.99. The van der Waals surface area contributed by atoms with Crippen LogP contribution in [0.25, 0.3) is 0 Å². The summed E-state index contributed by atoms with van der Waals surface area (Å²) in [6, 6.07) is 7.39. The topological polar surface area (TPSA) is 58.6 Å². The first-order chi connectivity index (χ1) is 8.66. The lowest BCUT2D eigenvalue weighted by Crippen LogP contribution is -2.50. The molecule has 4 nitrogen and oxygen atoms in total. The molecule has 0 radical (unpaired) electrons. The summed E-state index contributed by atoms with van der Waals surface area (Å²) in [5.74, 6) is 1.58. The maximum absolute atomic E-state index is 11.5. The molecule has 2 rings (SSSR count). The first-order valence-electron chi connectivity index (χ1n) is 5.90. The lowest BCUT2D eigenvalue weighted by atomic mass is 9.95. The fourth-order valence-corrected chi connectivity index (χ4v) is 3.27. The molecule has 1 saturated heterocycles. The summed E-state index contributed by atoms with van der Waals surface area (Å²) in [4.78, 5) is 11.5. The van der Waals surface area contributed by atoms with Gasteiger partial charge in [0.05, 0.1) is 7.11 Å². The molecule has 2 N–H and O–H groups in total. The van der Waals surface area contributed by atoms with Crippen molar-refractivity contribution in [1.29, 1.82) is 0 Å². The highest BCUT2D eigenvalue weighted by Gasteiger charge is 2.40. The van der Waals surface area contributed by atoms with Crippen LogP contribution in [0.2, 0.25) is 0 Å². The van der Waals surface area contributed by atoms with Crippen LogP contribution in [0.15, 0.2) is 24.3 Å². The first kappa shape index (κ1) is 13.1. The molecule has 0 bridgehead atoms. The second kappa shape index (κ2) is 5.52. The third-order valence-corrected chi connectivity index (χ3v) is 4.38.